The van der Waals surface area contributed by atoms with Crippen LogP contribution in [0.15, 0.2) is 46.2 Å². The Hall–Kier alpha value is 0.0913. The van der Waals surface area contributed by atoms with Crippen molar-refractivity contribution in [3.05, 3.63) is 59.2 Å². The topological polar surface area (TPSA) is 0 Å². The second kappa shape index (κ2) is 12.2. The maximum absolute atomic E-state index is 3.61. The predicted molar refractivity (Wildman–Crippen MR) is 204 cm³/mol. The maximum atomic E-state index is 3.61. The number of benzene rings is 2. The monoisotopic (exact) mass is 659 g/mol. The highest BCUT2D eigenvalue weighted by Gasteiger charge is 2.46. The van der Waals surface area contributed by atoms with Crippen LogP contribution in [0.5, 0.6) is 0 Å². The molecule has 0 saturated carbocycles. The fraction of sp³-hybridized carbons (Fsp3) is 0.636. The molecular formula is C33H63SSi6-. The van der Waals surface area contributed by atoms with E-state index in [0.29, 0.717) is 0 Å². The Labute approximate surface area is 261 Å². The lowest BCUT2D eigenvalue weighted by Crippen LogP contribution is -2.49. The molecule has 0 N–H and O–H groups in total. The highest BCUT2D eigenvalue weighted by molar-refractivity contribution is 7.99. The highest BCUT2D eigenvalue weighted by atomic mass is 32.2. The number of hydrogen-bond donors (Lipinski definition) is 0. The molecule has 0 amide bonds. The molecule has 226 valence electrons. The molecule has 0 aliphatic carbocycles. The molecule has 0 aromatic heterocycles. The van der Waals surface area contributed by atoms with Crippen LogP contribution >= 0.6 is 11.8 Å². The van der Waals surface area contributed by atoms with Crippen LogP contribution in [0.2, 0.25) is 118 Å². The van der Waals surface area contributed by atoms with Gasteiger partial charge >= 0.3 is 0 Å². The van der Waals surface area contributed by atoms with Crippen molar-refractivity contribution in [1.82, 2.24) is 0 Å². The Morgan fingerprint density at radius 3 is 1.12 bits per heavy atom. The van der Waals surface area contributed by atoms with Crippen molar-refractivity contribution in [3.63, 3.8) is 0 Å². The Kier molecular flexibility index (Phi) is 11.1. The molecule has 0 heterocycles. The van der Waals surface area contributed by atoms with Gasteiger partial charge in [0.25, 0.3) is 0 Å². The van der Waals surface area contributed by atoms with Gasteiger partial charge < -0.3 is 0 Å². The standard InChI is InChI=1S/C33H63SSi6/c1-35(2,3)31(36(4,5)6)26-24-28(32(37(7,8)9)38(10,11)12)30(34-27-22-20-19-21-23-27)29(25-26)33(39(13,14)15)40(16,17)18/h19-22,24-25,31-33H,1-18H3/q-1. The van der Waals surface area contributed by atoms with E-state index in [1.165, 1.54) is 4.90 Å². The summed E-state index contributed by atoms with van der Waals surface area (Å²) in [6.45, 7) is 47.6. The second-order valence-corrected chi connectivity index (χ2v) is 53.5. The first-order valence-corrected chi connectivity index (χ1v) is 37.8. The summed E-state index contributed by atoms with van der Waals surface area (Å²) < 4.78 is 0. The summed E-state index contributed by atoms with van der Waals surface area (Å²) in [7, 11) is -9.03. The fourth-order valence-electron chi connectivity index (χ4n) is 8.73. The lowest BCUT2D eigenvalue weighted by molar-refractivity contribution is 1.01. The van der Waals surface area contributed by atoms with Crippen LogP contribution in [0.1, 0.15) is 32.2 Å². The van der Waals surface area contributed by atoms with Crippen molar-refractivity contribution in [2.45, 2.75) is 143 Å². The second-order valence-electron chi connectivity index (χ2n) is 18.9. The smallest absolute Gasteiger partial charge is 0.0493 e. The van der Waals surface area contributed by atoms with E-state index in [1.807, 2.05) is 0 Å². The average molecular weight is 660 g/mol. The van der Waals surface area contributed by atoms with Gasteiger partial charge in [-0.3, -0.25) is 0 Å². The zero-order chi connectivity index (χ0) is 31.3. The van der Waals surface area contributed by atoms with Gasteiger partial charge in [0.2, 0.25) is 0 Å². The predicted octanol–water partition coefficient (Wildman–Crippen LogP) is 12.2. The maximum Gasteiger partial charge on any atom is 0.0493 e. The molecule has 0 fully saturated rings. The molecule has 0 bridgehead atoms. The lowest BCUT2D eigenvalue weighted by Gasteiger charge is -2.45. The van der Waals surface area contributed by atoms with Crippen molar-refractivity contribution in [1.29, 1.82) is 0 Å². The highest BCUT2D eigenvalue weighted by Crippen LogP contribution is 2.50. The molecule has 2 aromatic rings. The molecule has 0 aliphatic rings. The van der Waals surface area contributed by atoms with Crippen molar-refractivity contribution in [2.24, 2.45) is 0 Å². The zero-order valence-electron chi connectivity index (χ0n) is 29.6. The summed E-state index contributed by atoms with van der Waals surface area (Å²) >= 11 is 2.05. The summed E-state index contributed by atoms with van der Waals surface area (Å²) in [6, 6.07) is 17.9. The summed E-state index contributed by atoms with van der Waals surface area (Å²) in [5, 5.41) is 2.20. The van der Waals surface area contributed by atoms with Gasteiger partial charge in [0.05, 0.1) is 0 Å². The van der Waals surface area contributed by atoms with Gasteiger partial charge in [0.15, 0.2) is 0 Å². The first-order chi connectivity index (χ1) is 17.7. The van der Waals surface area contributed by atoms with Gasteiger partial charge in [-0.2, -0.15) is 30.3 Å². The fourth-order valence-corrected chi connectivity index (χ4v) is 48.4. The van der Waals surface area contributed by atoms with Crippen LogP contribution in [-0.2, 0) is 0 Å². The van der Waals surface area contributed by atoms with Gasteiger partial charge in [-0.15, -0.1) is 16.7 Å². The number of rotatable bonds is 11. The molecule has 0 unspecified atom stereocenters. The van der Waals surface area contributed by atoms with E-state index in [-0.39, 0.29) is 0 Å². The Morgan fingerprint density at radius 2 is 0.850 bits per heavy atom. The lowest BCUT2D eigenvalue weighted by atomic mass is 10.1. The first-order valence-electron chi connectivity index (χ1n) is 15.5. The van der Waals surface area contributed by atoms with Crippen molar-refractivity contribution >= 4 is 60.2 Å². The van der Waals surface area contributed by atoms with Crippen LogP contribution in [-0.4, -0.2) is 48.4 Å². The van der Waals surface area contributed by atoms with Crippen LogP contribution in [0.3, 0.4) is 0 Å². The Morgan fingerprint density at radius 1 is 0.500 bits per heavy atom. The quantitative estimate of drug-likeness (QED) is 0.171. The van der Waals surface area contributed by atoms with Gasteiger partial charge in [0.1, 0.15) is 0 Å². The molecule has 0 spiro atoms. The Balaban J connectivity index is 3.26. The average Bonchev–Trinajstić information content (AvgIpc) is 2.64. The molecule has 0 radical (unpaired) electrons. The molecule has 40 heavy (non-hydrogen) atoms. The molecule has 0 saturated heterocycles. The first kappa shape index (κ1) is 36.3. The number of hydrogen-bond acceptors (Lipinski definition) is 1. The zero-order valence-corrected chi connectivity index (χ0v) is 36.4. The van der Waals surface area contributed by atoms with E-state index in [9.17, 15) is 0 Å². The van der Waals surface area contributed by atoms with Gasteiger partial charge in [-0.05, 0) is 32.2 Å². The minimum Gasteiger partial charge on any atom is -0.176 e. The van der Waals surface area contributed by atoms with Crippen LogP contribution in [0, 0.1) is 6.07 Å². The van der Waals surface area contributed by atoms with E-state index in [4.69, 9.17) is 0 Å². The third-order valence-corrected chi connectivity index (χ3v) is 37.3. The molecule has 2 aromatic carbocycles. The van der Waals surface area contributed by atoms with Crippen LogP contribution < -0.4 is 0 Å². The third-order valence-electron chi connectivity index (χ3n) is 8.21. The van der Waals surface area contributed by atoms with E-state index in [0.717, 1.165) is 15.5 Å². The summed E-state index contributed by atoms with van der Waals surface area (Å²) in [6.07, 6.45) is 0. The largest absolute Gasteiger partial charge is 0.176 e. The van der Waals surface area contributed by atoms with E-state index in [1.54, 1.807) is 21.6 Å². The minimum atomic E-state index is -1.53. The van der Waals surface area contributed by atoms with E-state index < -0.39 is 48.4 Å². The van der Waals surface area contributed by atoms with E-state index in [2.05, 4.69) is 172 Å². The normalized spacial score (nSPS) is 14.5. The molecule has 7 heteroatoms. The third kappa shape index (κ3) is 9.05. The van der Waals surface area contributed by atoms with Gasteiger partial charge in [0, 0.05) is 53.3 Å². The Bertz CT molecular complexity index is 1040. The summed E-state index contributed by atoms with van der Waals surface area (Å²) in [5.74, 6) is 0. The van der Waals surface area contributed by atoms with Crippen molar-refractivity contribution in [3.8, 4) is 0 Å². The molecular weight excluding hydrogens is 597 g/mol. The van der Waals surface area contributed by atoms with Crippen LogP contribution in [0.25, 0.3) is 0 Å². The minimum absolute atomic E-state index is 0.720. The van der Waals surface area contributed by atoms with Crippen LogP contribution in [0.4, 0.5) is 0 Å². The summed E-state index contributed by atoms with van der Waals surface area (Å²) in [5.41, 5.74) is 5.18. The van der Waals surface area contributed by atoms with Crippen molar-refractivity contribution in [2.75, 3.05) is 0 Å². The molecule has 0 aliphatic heterocycles. The van der Waals surface area contributed by atoms with Gasteiger partial charge in [-0.25, -0.2) is 0 Å². The van der Waals surface area contributed by atoms with Crippen molar-refractivity contribution < 1.29 is 0 Å². The summed E-state index contributed by atoms with van der Waals surface area (Å²) in [4.78, 5) is 2.90. The SMILES string of the molecule is C[Si](C)(C)C(c1cc(C([Si](C)(C)C)[Si](C)(C)C)c(Sc2[c-]cccc2)c(C([Si](C)(C)C)[Si](C)(C)C)c1)[Si](C)(C)C. The van der Waals surface area contributed by atoms with E-state index >= 15 is 0 Å². The van der Waals surface area contributed by atoms with Gasteiger partial charge in [-0.1, -0.05) is 130 Å². The molecule has 0 nitrogen and oxygen atoms in total. The molecule has 2 rings (SSSR count). The molecule has 0 atom stereocenters.